The second-order valence-corrected chi connectivity index (χ2v) is 7.07. The van der Waals surface area contributed by atoms with Crippen molar-refractivity contribution >= 4 is 26.9 Å². The molecule has 116 valence electrons. The van der Waals surface area contributed by atoms with E-state index in [0.29, 0.717) is 31.2 Å². The monoisotopic (exact) mass is 311 g/mol. The third kappa shape index (κ3) is 3.33. The highest BCUT2D eigenvalue weighted by Crippen LogP contribution is 2.27. The van der Waals surface area contributed by atoms with Gasteiger partial charge in [0.1, 0.15) is 17.3 Å². The van der Waals surface area contributed by atoms with Crippen LogP contribution >= 0.6 is 0 Å². The van der Waals surface area contributed by atoms with Gasteiger partial charge in [0.2, 0.25) is 10.0 Å². The Bertz CT molecular complexity index is 780. The molecule has 2 heterocycles. The normalized spacial score (nSPS) is 12.2. The third-order valence-electron chi connectivity index (χ3n) is 3.53. The van der Waals surface area contributed by atoms with Gasteiger partial charge >= 0.3 is 0 Å². The molecular formula is C13H21N5O2S. The van der Waals surface area contributed by atoms with Gasteiger partial charge in [0.15, 0.2) is 0 Å². The number of nitrogen functional groups attached to an aromatic ring is 1. The highest BCUT2D eigenvalue weighted by Gasteiger charge is 2.15. The number of nitrogens with zero attached hydrogens (tertiary/aromatic N) is 3. The van der Waals surface area contributed by atoms with Gasteiger partial charge < -0.3 is 10.3 Å². The summed E-state index contributed by atoms with van der Waals surface area (Å²) in [7, 11) is -3.14. The fourth-order valence-corrected chi connectivity index (χ4v) is 2.96. The molecule has 0 aliphatic heterocycles. The van der Waals surface area contributed by atoms with E-state index in [9.17, 15) is 8.42 Å². The Morgan fingerprint density at radius 2 is 1.90 bits per heavy atom. The highest BCUT2D eigenvalue weighted by molar-refractivity contribution is 7.88. The Balaban J connectivity index is 2.29. The van der Waals surface area contributed by atoms with Gasteiger partial charge in [-0.15, -0.1) is 0 Å². The van der Waals surface area contributed by atoms with Crippen molar-refractivity contribution in [1.29, 1.82) is 0 Å². The van der Waals surface area contributed by atoms with Gasteiger partial charge in [-0.25, -0.2) is 23.1 Å². The maximum Gasteiger partial charge on any atom is 0.208 e. The number of aryl methyl sites for hydroxylation is 3. The molecule has 0 saturated heterocycles. The molecule has 0 fully saturated rings. The number of rotatable bonds is 5. The van der Waals surface area contributed by atoms with Crippen LogP contribution in [0, 0.1) is 20.8 Å². The van der Waals surface area contributed by atoms with Gasteiger partial charge in [0.25, 0.3) is 0 Å². The molecule has 3 N–H and O–H groups in total. The lowest BCUT2D eigenvalue weighted by Gasteiger charge is -2.08. The quantitative estimate of drug-likeness (QED) is 0.798. The average molecular weight is 311 g/mol. The molecule has 0 atom stereocenters. The summed E-state index contributed by atoms with van der Waals surface area (Å²) < 4.78 is 26.7. The van der Waals surface area contributed by atoms with Crippen LogP contribution in [-0.4, -0.2) is 35.8 Å². The first-order valence-electron chi connectivity index (χ1n) is 6.75. The summed E-state index contributed by atoms with van der Waals surface area (Å²) in [4.78, 5) is 8.69. The molecule has 21 heavy (non-hydrogen) atoms. The van der Waals surface area contributed by atoms with Gasteiger partial charge in [-0.2, -0.15) is 0 Å². The molecule has 0 amide bonds. The maximum absolute atomic E-state index is 11.1. The van der Waals surface area contributed by atoms with E-state index < -0.39 is 10.0 Å². The van der Waals surface area contributed by atoms with E-state index >= 15 is 0 Å². The minimum absolute atomic E-state index is 0.399. The van der Waals surface area contributed by atoms with Crippen LogP contribution in [0.15, 0.2) is 0 Å². The van der Waals surface area contributed by atoms with E-state index in [0.717, 1.165) is 28.5 Å². The van der Waals surface area contributed by atoms with E-state index in [-0.39, 0.29) is 0 Å². The lowest BCUT2D eigenvalue weighted by molar-refractivity contribution is 0.575. The molecule has 0 saturated carbocycles. The molecule has 0 aliphatic rings. The maximum atomic E-state index is 11.1. The first kappa shape index (κ1) is 15.7. The van der Waals surface area contributed by atoms with Crippen LogP contribution < -0.4 is 10.5 Å². The summed E-state index contributed by atoms with van der Waals surface area (Å²) >= 11 is 0. The fourth-order valence-electron chi connectivity index (χ4n) is 2.44. The summed E-state index contributed by atoms with van der Waals surface area (Å²) in [6.07, 6.45) is 1.84. The van der Waals surface area contributed by atoms with E-state index in [4.69, 9.17) is 5.73 Å². The van der Waals surface area contributed by atoms with Gasteiger partial charge in [-0.3, -0.25) is 0 Å². The van der Waals surface area contributed by atoms with E-state index in [2.05, 4.69) is 19.3 Å². The van der Waals surface area contributed by atoms with Gasteiger partial charge in [0.05, 0.1) is 11.6 Å². The summed E-state index contributed by atoms with van der Waals surface area (Å²) in [5, 5.41) is 0.883. The van der Waals surface area contributed by atoms with Crippen molar-refractivity contribution in [2.75, 3.05) is 18.5 Å². The standard InChI is InChI=1S/C13H21N5O2S/c1-8-9(2)18(7-5-6-15-21(4,19)20)13-11(8)12(14)16-10(3)17-13/h15H,5-7H2,1-4H3,(H2,14,16,17). The van der Waals surface area contributed by atoms with Crippen molar-refractivity contribution < 1.29 is 8.42 Å². The van der Waals surface area contributed by atoms with Crippen LogP contribution in [0.4, 0.5) is 5.82 Å². The van der Waals surface area contributed by atoms with Crippen molar-refractivity contribution in [3.8, 4) is 0 Å². The minimum atomic E-state index is -3.14. The highest BCUT2D eigenvalue weighted by atomic mass is 32.2. The van der Waals surface area contributed by atoms with Gasteiger partial charge in [-0.05, 0) is 32.8 Å². The molecule has 7 nitrogen and oxygen atoms in total. The molecule has 8 heteroatoms. The molecule has 0 radical (unpaired) electrons. The molecular weight excluding hydrogens is 290 g/mol. The number of fused-ring (bicyclic) bond motifs is 1. The van der Waals surface area contributed by atoms with Gasteiger partial charge in [0, 0.05) is 18.8 Å². The molecule has 2 aromatic heterocycles. The first-order valence-corrected chi connectivity index (χ1v) is 8.64. The summed E-state index contributed by atoms with van der Waals surface area (Å²) in [5.41, 5.74) is 8.96. The minimum Gasteiger partial charge on any atom is -0.383 e. The zero-order valence-corrected chi connectivity index (χ0v) is 13.6. The molecule has 0 aromatic carbocycles. The molecule has 2 aromatic rings. The Labute approximate surface area is 124 Å². The summed E-state index contributed by atoms with van der Waals surface area (Å²) in [6.45, 7) is 6.89. The van der Waals surface area contributed by atoms with Crippen molar-refractivity contribution in [2.24, 2.45) is 0 Å². The zero-order chi connectivity index (χ0) is 15.8. The van der Waals surface area contributed by atoms with Crippen LogP contribution in [0.1, 0.15) is 23.5 Å². The van der Waals surface area contributed by atoms with Crippen molar-refractivity contribution in [3.63, 3.8) is 0 Å². The van der Waals surface area contributed by atoms with Crippen LogP contribution in [0.5, 0.6) is 0 Å². The first-order chi connectivity index (χ1) is 9.70. The van der Waals surface area contributed by atoms with Crippen LogP contribution in [0.2, 0.25) is 0 Å². The van der Waals surface area contributed by atoms with E-state index in [1.54, 1.807) is 0 Å². The molecule has 2 rings (SSSR count). The topological polar surface area (TPSA) is 103 Å². The predicted octanol–water partition coefficient (Wildman–Crippen LogP) is 0.878. The van der Waals surface area contributed by atoms with E-state index in [1.807, 2.05) is 20.8 Å². The smallest absolute Gasteiger partial charge is 0.208 e. The Morgan fingerprint density at radius 1 is 1.24 bits per heavy atom. The number of sulfonamides is 1. The van der Waals surface area contributed by atoms with E-state index in [1.165, 1.54) is 0 Å². The summed E-state index contributed by atoms with van der Waals surface area (Å²) in [5.74, 6) is 1.12. The Morgan fingerprint density at radius 3 is 2.52 bits per heavy atom. The van der Waals surface area contributed by atoms with Crippen LogP contribution in [0.25, 0.3) is 11.0 Å². The number of hydrogen-bond donors (Lipinski definition) is 2. The Hall–Kier alpha value is -1.67. The number of anilines is 1. The number of nitrogens with one attached hydrogen (secondary N) is 1. The Kier molecular flexibility index (Phi) is 4.20. The van der Waals surface area contributed by atoms with Crippen molar-refractivity contribution in [3.05, 3.63) is 17.1 Å². The molecule has 0 unspecified atom stereocenters. The molecule has 0 bridgehead atoms. The van der Waals surface area contributed by atoms with Crippen LogP contribution in [0.3, 0.4) is 0 Å². The molecule has 0 aliphatic carbocycles. The van der Waals surface area contributed by atoms with Crippen molar-refractivity contribution in [2.45, 2.75) is 33.7 Å². The second kappa shape index (κ2) is 5.61. The number of aromatic nitrogens is 3. The van der Waals surface area contributed by atoms with Gasteiger partial charge in [-0.1, -0.05) is 0 Å². The fraction of sp³-hybridized carbons (Fsp3) is 0.538. The van der Waals surface area contributed by atoms with Crippen LogP contribution in [-0.2, 0) is 16.6 Å². The predicted molar refractivity (Wildman–Crippen MR) is 83.6 cm³/mol. The number of nitrogens with two attached hydrogens (primary N) is 1. The largest absolute Gasteiger partial charge is 0.383 e. The average Bonchev–Trinajstić information content (AvgIpc) is 2.57. The summed E-state index contributed by atoms with van der Waals surface area (Å²) in [6, 6.07) is 0. The second-order valence-electron chi connectivity index (χ2n) is 5.24. The lowest BCUT2D eigenvalue weighted by Crippen LogP contribution is -2.24. The molecule has 0 spiro atoms. The van der Waals surface area contributed by atoms with Crippen molar-refractivity contribution in [1.82, 2.24) is 19.3 Å². The zero-order valence-electron chi connectivity index (χ0n) is 12.8. The lowest BCUT2D eigenvalue weighted by atomic mass is 10.2. The third-order valence-corrected chi connectivity index (χ3v) is 4.26. The SMILES string of the molecule is Cc1nc(N)c2c(C)c(C)n(CCCNS(C)(=O)=O)c2n1. The number of hydrogen-bond acceptors (Lipinski definition) is 5.